The van der Waals surface area contributed by atoms with E-state index in [0.717, 1.165) is 37.8 Å². The van der Waals surface area contributed by atoms with Crippen LogP contribution in [0, 0.1) is 12.8 Å². The number of pyridine rings is 1. The SMILES string of the molecule is Cc1ccc([S+]([O-])NC(=O)OC(C)(C)C)c(O[C@@H]2CCC[C@H](CCO[Si](c3ccccc3)(c3ccccc3)C(C)(C)C)C2)n1. The summed E-state index contributed by atoms with van der Waals surface area (Å²) in [5, 5.41) is 2.51. The molecule has 238 valence electrons. The first kappa shape index (κ1) is 34.0. The minimum Gasteiger partial charge on any atom is -0.588 e. The Balaban J connectivity index is 1.45. The Labute approximate surface area is 267 Å². The fourth-order valence-electron chi connectivity index (χ4n) is 6.08. The number of carbonyl (C=O) groups excluding carboxylic acids is 1. The van der Waals surface area contributed by atoms with Crippen molar-refractivity contribution in [1.29, 1.82) is 0 Å². The summed E-state index contributed by atoms with van der Waals surface area (Å²) in [6, 6.07) is 24.9. The Hall–Kier alpha value is -2.85. The third-order valence-corrected chi connectivity index (χ3v) is 14.1. The molecule has 1 aromatic heterocycles. The topological polar surface area (TPSA) is 92.7 Å². The molecule has 7 nitrogen and oxygen atoms in total. The Bertz CT molecular complexity index is 1320. The highest BCUT2D eigenvalue weighted by atomic mass is 32.2. The molecule has 1 N–H and O–H groups in total. The predicted molar refractivity (Wildman–Crippen MR) is 179 cm³/mol. The first-order valence-electron chi connectivity index (χ1n) is 15.6. The molecule has 1 aliphatic rings. The summed E-state index contributed by atoms with van der Waals surface area (Å²) in [4.78, 5) is 17.2. The van der Waals surface area contributed by atoms with Gasteiger partial charge in [0.15, 0.2) is 0 Å². The molecule has 0 spiro atoms. The third kappa shape index (κ3) is 8.65. The second-order valence-electron chi connectivity index (χ2n) is 13.7. The summed E-state index contributed by atoms with van der Waals surface area (Å²) in [6.07, 6.45) is 4.04. The van der Waals surface area contributed by atoms with Gasteiger partial charge < -0.3 is 18.5 Å². The van der Waals surface area contributed by atoms with Crippen LogP contribution in [0.15, 0.2) is 77.7 Å². The number of hydrogen-bond donors (Lipinski definition) is 1. The molecule has 3 atom stereocenters. The van der Waals surface area contributed by atoms with Crippen LogP contribution in [-0.4, -0.2) is 42.3 Å². The fourth-order valence-corrected chi connectivity index (χ4v) is 11.4. The lowest BCUT2D eigenvalue weighted by molar-refractivity contribution is 0.0570. The summed E-state index contributed by atoms with van der Waals surface area (Å²) in [7, 11) is -2.59. The molecule has 1 unspecified atom stereocenters. The average Bonchev–Trinajstić information content (AvgIpc) is 2.95. The van der Waals surface area contributed by atoms with Crippen LogP contribution in [0.5, 0.6) is 5.88 Å². The van der Waals surface area contributed by atoms with E-state index < -0.39 is 31.4 Å². The number of carbonyl (C=O) groups is 1. The maximum atomic E-state index is 13.1. The molecule has 4 rings (SSSR count). The van der Waals surface area contributed by atoms with Crippen LogP contribution < -0.4 is 19.8 Å². The molecule has 2 aromatic carbocycles. The maximum Gasteiger partial charge on any atom is 0.449 e. The van der Waals surface area contributed by atoms with Crippen LogP contribution in [0.2, 0.25) is 5.04 Å². The molecule has 0 aliphatic heterocycles. The molecule has 9 heteroatoms. The van der Waals surface area contributed by atoms with Gasteiger partial charge in [-0.05, 0) is 80.8 Å². The molecule has 1 saturated carbocycles. The van der Waals surface area contributed by atoms with Crippen molar-refractivity contribution in [2.75, 3.05) is 6.61 Å². The Morgan fingerprint density at radius 2 is 1.57 bits per heavy atom. The zero-order chi connectivity index (χ0) is 32.0. The van der Waals surface area contributed by atoms with Gasteiger partial charge in [0.05, 0.1) is 0 Å². The van der Waals surface area contributed by atoms with Crippen molar-refractivity contribution >= 4 is 36.1 Å². The Kier molecular flexibility index (Phi) is 11.2. The van der Waals surface area contributed by atoms with Gasteiger partial charge in [-0.25, -0.2) is 9.78 Å². The van der Waals surface area contributed by atoms with E-state index in [1.54, 1.807) is 32.9 Å². The number of aromatic nitrogens is 1. The number of ether oxygens (including phenoxy) is 2. The largest absolute Gasteiger partial charge is 0.588 e. The van der Waals surface area contributed by atoms with E-state index in [1.165, 1.54) is 10.4 Å². The highest BCUT2D eigenvalue weighted by Crippen LogP contribution is 2.38. The van der Waals surface area contributed by atoms with E-state index in [9.17, 15) is 9.35 Å². The quantitative estimate of drug-likeness (QED) is 0.194. The smallest absolute Gasteiger partial charge is 0.449 e. The van der Waals surface area contributed by atoms with E-state index in [4.69, 9.17) is 13.9 Å². The average molecular weight is 637 g/mol. The Morgan fingerprint density at radius 3 is 2.14 bits per heavy atom. The van der Waals surface area contributed by atoms with Crippen LogP contribution in [0.4, 0.5) is 4.79 Å². The number of nitrogens with zero attached hydrogens (tertiary/aromatic N) is 1. The van der Waals surface area contributed by atoms with Crippen molar-refractivity contribution in [3.8, 4) is 5.88 Å². The van der Waals surface area contributed by atoms with Crippen LogP contribution in [-0.2, 0) is 20.5 Å². The van der Waals surface area contributed by atoms with Crippen LogP contribution >= 0.6 is 0 Å². The monoisotopic (exact) mass is 636 g/mol. The predicted octanol–water partition coefficient (Wildman–Crippen LogP) is 6.84. The molecule has 44 heavy (non-hydrogen) atoms. The number of amides is 1. The van der Waals surface area contributed by atoms with E-state index in [-0.39, 0.29) is 11.1 Å². The zero-order valence-electron chi connectivity index (χ0n) is 27.2. The third-order valence-electron chi connectivity index (χ3n) is 8.01. The van der Waals surface area contributed by atoms with E-state index in [0.29, 0.717) is 23.3 Å². The van der Waals surface area contributed by atoms with Crippen molar-refractivity contribution in [3.05, 3.63) is 78.5 Å². The van der Waals surface area contributed by atoms with E-state index >= 15 is 0 Å². The number of hydrogen-bond acceptors (Lipinski definition) is 6. The molecule has 0 saturated heterocycles. The zero-order valence-corrected chi connectivity index (χ0v) is 29.0. The highest BCUT2D eigenvalue weighted by Gasteiger charge is 2.50. The van der Waals surface area contributed by atoms with Gasteiger partial charge in [0.25, 0.3) is 14.2 Å². The van der Waals surface area contributed by atoms with Gasteiger partial charge in [0.1, 0.15) is 23.1 Å². The lowest BCUT2D eigenvalue weighted by atomic mass is 9.85. The van der Waals surface area contributed by atoms with Crippen LogP contribution in [0.25, 0.3) is 0 Å². The fraction of sp³-hybridized carbons (Fsp3) is 0.486. The molecule has 1 amide bonds. The number of benzene rings is 2. The van der Waals surface area contributed by atoms with Gasteiger partial charge in [0.2, 0.25) is 4.90 Å². The molecular weight excluding hydrogens is 589 g/mol. The summed E-state index contributed by atoms with van der Waals surface area (Å²) >= 11 is -1.87. The first-order chi connectivity index (χ1) is 20.8. The summed E-state index contributed by atoms with van der Waals surface area (Å²) in [6.45, 7) is 14.7. The van der Waals surface area contributed by atoms with Crippen molar-refractivity contribution in [1.82, 2.24) is 9.71 Å². The van der Waals surface area contributed by atoms with E-state index in [2.05, 4.69) is 91.1 Å². The number of nitrogens with one attached hydrogen (secondary N) is 1. The lowest BCUT2D eigenvalue weighted by Crippen LogP contribution is -2.66. The van der Waals surface area contributed by atoms with Gasteiger partial charge >= 0.3 is 6.09 Å². The van der Waals surface area contributed by atoms with Crippen molar-refractivity contribution < 1.29 is 23.2 Å². The standard InChI is InChI=1S/C35H48N2O5SSi/c1-26-21-22-31(43(39)37-33(38)42-34(2,3)4)32(36-26)41-28-16-14-15-27(25-28)23-24-40-44(35(5,6)7,29-17-10-8-11-18-29)30-19-12-9-13-20-30/h8-13,17-22,27-28H,14-16,23-25H2,1-7H3,(H,37,38)/t27-,28-,43?/m1/s1. The second-order valence-corrected chi connectivity index (χ2v) is 19.2. The van der Waals surface area contributed by atoms with Crippen LogP contribution in [0.3, 0.4) is 0 Å². The molecule has 3 aromatic rings. The van der Waals surface area contributed by atoms with Gasteiger partial charge in [-0.3, -0.25) is 0 Å². The summed E-state index contributed by atoms with van der Waals surface area (Å²) in [5.74, 6) is 0.735. The van der Waals surface area contributed by atoms with Gasteiger partial charge in [0, 0.05) is 18.4 Å². The molecule has 0 radical (unpaired) electrons. The molecule has 1 fully saturated rings. The normalized spacial score (nSPS) is 18.4. The molecular formula is C35H48N2O5SSi. The van der Waals surface area contributed by atoms with Crippen molar-refractivity contribution in [2.24, 2.45) is 5.92 Å². The molecule has 0 bridgehead atoms. The number of rotatable bonds is 10. The number of aryl methyl sites for hydroxylation is 1. The van der Waals surface area contributed by atoms with Gasteiger partial charge in [-0.15, -0.1) is 4.72 Å². The summed E-state index contributed by atoms with van der Waals surface area (Å²) in [5.41, 5.74) is 0.0565. The Morgan fingerprint density at radius 1 is 0.955 bits per heavy atom. The molecule has 1 aliphatic carbocycles. The first-order valence-corrected chi connectivity index (χ1v) is 18.6. The lowest BCUT2D eigenvalue weighted by Gasteiger charge is -2.43. The van der Waals surface area contributed by atoms with E-state index in [1.807, 2.05) is 6.92 Å². The second kappa shape index (κ2) is 14.5. The highest BCUT2D eigenvalue weighted by molar-refractivity contribution is 7.90. The van der Waals surface area contributed by atoms with Gasteiger partial charge in [-0.1, -0.05) is 87.9 Å². The molecule has 1 heterocycles. The minimum atomic E-state index is -2.59. The minimum absolute atomic E-state index is 0.0619. The van der Waals surface area contributed by atoms with Crippen molar-refractivity contribution in [2.45, 2.75) is 102 Å². The summed E-state index contributed by atoms with van der Waals surface area (Å²) < 4.78 is 34.4. The maximum absolute atomic E-state index is 13.1. The van der Waals surface area contributed by atoms with Gasteiger partial charge in [-0.2, -0.15) is 0 Å². The van der Waals surface area contributed by atoms with Crippen LogP contribution in [0.1, 0.15) is 79.3 Å². The van der Waals surface area contributed by atoms with Crippen molar-refractivity contribution in [3.63, 3.8) is 0 Å².